The van der Waals surface area contributed by atoms with Gasteiger partial charge in [0.05, 0.1) is 39.1 Å². The molecule has 7 nitrogen and oxygen atoms in total. The van der Waals surface area contributed by atoms with E-state index in [1.165, 1.54) is 5.56 Å². The van der Waals surface area contributed by atoms with Crippen molar-refractivity contribution in [2.24, 2.45) is 10.9 Å². The zero-order valence-corrected chi connectivity index (χ0v) is 21.7. The van der Waals surface area contributed by atoms with Crippen LogP contribution in [0.25, 0.3) is 0 Å². The predicted octanol–water partition coefficient (Wildman–Crippen LogP) is 2.89. The molecule has 2 fully saturated rings. The lowest BCUT2D eigenvalue weighted by molar-refractivity contribution is 0.0169. The van der Waals surface area contributed by atoms with Crippen LogP contribution in [0.2, 0.25) is 5.02 Å². The minimum Gasteiger partial charge on any atom is -0.382 e. The molecule has 1 N–H and O–H groups in total. The highest BCUT2D eigenvalue weighted by molar-refractivity contribution is 14.0. The summed E-state index contributed by atoms with van der Waals surface area (Å²) in [5.74, 6) is 1.49. The van der Waals surface area contributed by atoms with Crippen LogP contribution in [0.5, 0.6) is 0 Å². The maximum absolute atomic E-state index is 6.11. The molecular formula is C22H36ClIN4O3. The number of methoxy groups -OCH3 is 1. The number of hydrogen-bond donors (Lipinski definition) is 1. The molecule has 2 unspecified atom stereocenters. The van der Waals surface area contributed by atoms with E-state index in [-0.39, 0.29) is 30.0 Å². The number of rotatable bonds is 9. The third kappa shape index (κ3) is 8.33. The fourth-order valence-corrected chi connectivity index (χ4v) is 4.23. The Labute approximate surface area is 208 Å². The topological polar surface area (TPSA) is 58.6 Å². The highest BCUT2D eigenvalue weighted by Crippen LogP contribution is 2.23. The second-order valence-electron chi connectivity index (χ2n) is 7.81. The SMILES string of the molecule is CN=C(NCC(c1ccc(Cl)cc1)N1CCOCC1)N1CCC(COCCOC)C1.I. The maximum Gasteiger partial charge on any atom is 0.193 e. The van der Waals surface area contributed by atoms with Crippen molar-refractivity contribution in [2.45, 2.75) is 12.5 Å². The van der Waals surface area contributed by atoms with Crippen molar-refractivity contribution in [1.29, 1.82) is 0 Å². The van der Waals surface area contributed by atoms with Crippen LogP contribution in [0.1, 0.15) is 18.0 Å². The molecule has 2 aliphatic rings. The fourth-order valence-electron chi connectivity index (χ4n) is 4.11. The second-order valence-corrected chi connectivity index (χ2v) is 8.25. The number of guanidine groups is 1. The molecule has 0 aromatic heterocycles. The molecule has 0 amide bonds. The zero-order valence-electron chi connectivity index (χ0n) is 18.6. The summed E-state index contributed by atoms with van der Waals surface area (Å²) >= 11 is 6.11. The lowest BCUT2D eigenvalue weighted by Gasteiger charge is -2.35. The average Bonchev–Trinajstić information content (AvgIpc) is 3.25. The molecular weight excluding hydrogens is 531 g/mol. The van der Waals surface area contributed by atoms with E-state index in [0.717, 1.165) is 69.9 Å². The van der Waals surface area contributed by atoms with E-state index >= 15 is 0 Å². The number of ether oxygens (including phenoxy) is 3. The predicted molar refractivity (Wildman–Crippen MR) is 136 cm³/mol. The number of nitrogens with zero attached hydrogens (tertiary/aromatic N) is 3. The molecule has 2 aliphatic heterocycles. The van der Waals surface area contributed by atoms with Crippen molar-refractivity contribution in [3.63, 3.8) is 0 Å². The molecule has 2 atom stereocenters. The molecule has 1 aromatic rings. The number of nitrogens with one attached hydrogen (secondary N) is 1. The average molecular weight is 567 g/mol. The van der Waals surface area contributed by atoms with Gasteiger partial charge in [0.1, 0.15) is 0 Å². The first-order valence-corrected chi connectivity index (χ1v) is 11.2. The van der Waals surface area contributed by atoms with Crippen LogP contribution in [0.4, 0.5) is 0 Å². The van der Waals surface area contributed by atoms with Gasteiger partial charge >= 0.3 is 0 Å². The minimum absolute atomic E-state index is 0. The number of aliphatic imine (C=N–C) groups is 1. The van der Waals surface area contributed by atoms with Crippen molar-refractivity contribution >= 4 is 41.5 Å². The van der Waals surface area contributed by atoms with Crippen LogP contribution in [0.3, 0.4) is 0 Å². The van der Waals surface area contributed by atoms with Crippen molar-refractivity contribution < 1.29 is 14.2 Å². The molecule has 0 aliphatic carbocycles. The lowest BCUT2D eigenvalue weighted by atomic mass is 10.0. The number of halogens is 2. The van der Waals surface area contributed by atoms with Gasteiger partial charge in [-0.15, -0.1) is 24.0 Å². The molecule has 0 saturated carbocycles. The van der Waals surface area contributed by atoms with Crippen molar-refractivity contribution in [3.8, 4) is 0 Å². The van der Waals surface area contributed by atoms with E-state index in [2.05, 4.69) is 32.2 Å². The Balaban J connectivity index is 0.00000341. The van der Waals surface area contributed by atoms with Crippen molar-refractivity contribution in [2.75, 3.05) is 79.9 Å². The van der Waals surface area contributed by atoms with Gasteiger partial charge in [0, 0.05) is 57.8 Å². The van der Waals surface area contributed by atoms with Crippen LogP contribution in [0, 0.1) is 5.92 Å². The summed E-state index contributed by atoms with van der Waals surface area (Å²) in [5.41, 5.74) is 1.26. The lowest BCUT2D eigenvalue weighted by Crippen LogP contribution is -2.47. The molecule has 9 heteroatoms. The highest BCUT2D eigenvalue weighted by Gasteiger charge is 2.27. The summed E-state index contributed by atoms with van der Waals surface area (Å²) in [6.07, 6.45) is 1.12. The summed E-state index contributed by atoms with van der Waals surface area (Å²) in [6.45, 7) is 8.24. The third-order valence-corrected chi connectivity index (χ3v) is 6.03. The van der Waals surface area contributed by atoms with Gasteiger partial charge in [-0.3, -0.25) is 9.89 Å². The molecule has 0 radical (unpaired) electrons. The molecule has 31 heavy (non-hydrogen) atoms. The van der Waals surface area contributed by atoms with Gasteiger partial charge in [0.2, 0.25) is 0 Å². The molecule has 1 aromatic carbocycles. The van der Waals surface area contributed by atoms with Gasteiger partial charge in [0.25, 0.3) is 0 Å². The van der Waals surface area contributed by atoms with Gasteiger partial charge < -0.3 is 24.4 Å². The van der Waals surface area contributed by atoms with Gasteiger partial charge in [-0.2, -0.15) is 0 Å². The van der Waals surface area contributed by atoms with E-state index in [9.17, 15) is 0 Å². The Bertz CT molecular complexity index is 659. The quantitative estimate of drug-likeness (QED) is 0.215. The third-order valence-electron chi connectivity index (χ3n) is 5.78. The molecule has 3 rings (SSSR count). The van der Waals surface area contributed by atoms with Gasteiger partial charge in [-0.1, -0.05) is 23.7 Å². The Morgan fingerprint density at radius 3 is 2.65 bits per heavy atom. The highest BCUT2D eigenvalue weighted by atomic mass is 127. The van der Waals surface area contributed by atoms with Crippen LogP contribution < -0.4 is 5.32 Å². The van der Waals surface area contributed by atoms with E-state index in [1.807, 2.05) is 19.2 Å². The summed E-state index contributed by atoms with van der Waals surface area (Å²) in [6, 6.07) is 8.42. The molecule has 0 spiro atoms. The normalized spacial score (nSPS) is 21.1. The first kappa shape index (κ1) is 26.6. The largest absolute Gasteiger partial charge is 0.382 e. The van der Waals surface area contributed by atoms with Crippen LogP contribution in [-0.4, -0.2) is 95.7 Å². The Morgan fingerprint density at radius 2 is 1.97 bits per heavy atom. The number of benzene rings is 1. The second kappa shape index (κ2) is 14.5. The first-order valence-electron chi connectivity index (χ1n) is 10.8. The Hall–Kier alpha value is -0.650. The Morgan fingerprint density at radius 1 is 1.23 bits per heavy atom. The monoisotopic (exact) mass is 566 g/mol. The van der Waals surface area contributed by atoms with Gasteiger partial charge in [-0.05, 0) is 24.1 Å². The summed E-state index contributed by atoms with van der Waals surface area (Å²) in [5, 5.41) is 4.38. The van der Waals surface area contributed by atoms with E-state index in [0.29, 0.717) is 19.1 Å². The number of likely N-dealkylation sites (tertiary alicyclic amines) is 1. The van der Waals surface area contributed by atoms with E-state index in [4.69, 9.17) is 25.8 Å². The summed E-state index contributed by atoms with van der Waals surface area (Å²) < 4.78 is 16.3. The smallest absolute Gasteiger partial charge is 0.193 e. The van der Waals surface area contributed by atoms with Crippen LogP contribution in [-0.2, 0) is 14.2 Å². The standard InChI is InChI=1S/C22H35ClN4O3.HI/c1-24-22(27-8-7-18(16-27)17-30-14-13-28-2)25-15-21(26-9-11-29-12-10-26)19-3-5-20(23)6-4-19;/h3-6,18,21H,7-17H2,1-2H3,(H,24,25);1H. The van der Waals surface area contributed by atoms with Crippen LogP contribution in [0.15, 0.2) is 29.3 Å². The van der Waals surface area contributed by atoms with E-state index in [1.54, 1.807) is 7.11 Å². The van der Waals surface area contributed by atoms with Gasteiger partial charge in [0.15, 0.2) is 5.96 Å². The molecule has 0 bridgehead atoms. The number of hydrogen-bond acceptors (Lipinski definition) is 5. The van der Waals surface area contributed by atoms with Gasteiger partial charge in [-0.25, -0.2) is 0 Å². The number of morpholine rings is 1. The Kier molecular flexibility index (Phi) is 12.4. The van der Waals surface area contributed by atoms with Crippen LogP contribution >= 0.6 is 35.6 Å². The molecule has 176 valence electrons. The van der Waals surface area contributed by atoms with Crippen molar-refractivity contribution in [3.05, 3.63) is 34.9 Å². The summed E-state index contributed by atoms with van der Waals surface area (Å²) in [7, 11) is 3.56. The summed E-state index contributed by atoms with van der Waals surface area (Å²) in [4.78, 5) is 9.36. The molecule has 2 saturated heterocycles. The van der Waals surface area contributed by atoms with E-state index < -0.39 is 0 Å². The maximum atomic E-state index is 6.11. The molecule has 2 heterocycles. The first-order chi connectivity index (χ1) is 14.7. The van der Waals surface area contributed by atoms with Crippen molar-refractivity contribution in [1.82, 2.24) is 15.1 Å². The minimum atomic E-state index is 0. The zero-order chi connectivity index (χ0) is 21.2. The fraction of sp³-hybridized carbons (Fsp3) is 0.682.